The number of carbonyl (C=O) groups is 2. The summed E-state index contributed by atoms with van der Waals surface area (Å²) in [6.45, 7) is 5.44. The Bertz CT molecular complexity index is 751. The normalized spacial score (nSPS) is 15.5. The number of Topliss-reactive ketones (excluding diaryl/α,β-unsaturated/α-hetero) is 1. The molecular formula is C18H19ClN2O2S. The predicted octanol–water partition coefficient (Wildman–Crippen LogP) is 3.56. The van der Waals surface area contributed by atoms with Crippen molar-refractivity contribution < 1.29 is 9.59 Å². The highest BCUT2D eigenvalue weighted by atomic mass is 35.5. The van der Waals surface area contributed by atoms with E-state index in [-0.39, 0.29) is 11.7 Å². The monoisotopic (exact) mass is 362 g/mol. The molecule has 0 saturated carbocycles. The second kappa shape index (κ2) is 7.47. The zero-order valence-electron chi connectivity index (χ0n) is 13.5. The van der Waals surface area contributed by atoms with Gasteiger partial charge in [0, 0.05) is 37.7 Å². The van der Waals surface area contributed by atoms with Gasteiger partial charge in [-0.15, -0.1) is 11.3 Å². The number of halogens is 1. The molecule has 1 aromatic carbocycles. The fraction of sp³-hybridized carbons (Fsp3) is 0.333. The van der Waals surface area contributed by atoms with Crippen molar-refractivity contribution in [1.82, 2.24) is 9.80 Å². The van der Waals surface area contributed by atoms with Gasteiger partial charge in [-0.3, -0.25) is 14.5 Å². The highest BCUT2D eigenvalue weighted by molar-refractivity contribution is 7.15. The molecule has 1 aliphatic heterocycles. The lowest BCUT2D eigenvalue weighted by Crippen LogP contribution is -2.48. The van der Waals surface area contributed by atoms with Crippen molar-refractivity contribution >= 4 is 34.6 Å². The molecule has 2 aromatic rings. The average Bonchev–Trinajstić information content (AvgIpc) is 3.05. The molecule has 126 valence electrons. The number of piperazine rings is 1. The number of ketones is 1. The Morgan fingerprint density at radius 3 is 2.42 bits per heavy atom. The van der Waals surface area contributed by atoms with E-state index >= 15 is 0 Å². The van der Waals surface area contributed by atoms with Crippen LogP contribution in [-0.4, -0.2) is 47.7 Å². The second-order valence-electron chi connectivity index (χ2n) is 5.92. The van der Waals surface area contributed by atoms with Gasteiger partial charge in [0.25, 0.3) is 5.91 Å². The fourth-order valence-electron chi connectivity index (χ4n) is 2.80. The van der Waals surface area contributed by atoms with Crippen LogP contribution in [0.25, 0.3) is 0 Å². The molecular weight excluding hydrogens is 344 g/mol. The van der Waals surface area contributed by atoms with Gasteiger partial charge in [-0.2, -0.15) is 0 Å². The number of nitrogens with zero attached hydrogens (tertiary/aromatic N) is 2. The summed E-state index contributed by atoms with van der Waals surface area (Å²) in [6, 6.07) is 11.4. The molecule has 0 radical (unpaired) electrons. The molecule has 1 fully saturated rings. The topological polar surface area (TPSA) is 40.6 Å². The SMILES string of the molecule is CC(=O)c1ccc(C(=O)N2CCN(Cc3cccc(Cl)c3)CC2)s1. The first kappa shape index (κ1) is 17.1. The summed E-state index contributed by atoms with van der Waals surface area (Å²) < 4.78 is 0. The van der Waals surface area contributed by atoms with Crippen LogP contribution >= 0.6 is 22.9 Å². The van der Waals surface area contributed by atoms with Crippen molar-refractivity contribution in [2.24, 2.45) is 0 Å². The molecule has 0 N–H and O–H groups in total. The Hall–Kier alpha value is -1.69. The van der Waals surface area contributed by atoms with Gasteiger partial charge in [-0.05, 0) is 36.8 Å². The van der Waals surface area contributed by atoms with Crippen molar-refractivity contribution in [1.29, 1.82) is 0 Å². The minimum atomic E-state index is 0.00499. The van der Waals surface area contributed by atoms with Crippen molar-refractivity contribution in [3.63, 3.8) is 0 Å². The minimum absolute atomic E-state index is 0.00499. The van der Waals surface area contributed by atoms with E-state index in [1.807, 2.05) is 23.1 Å². The van der Waals surface area contributed by atoms with Crippen molar-refractivity contribution in [3.8, 4) is 0 Å². The van der Waals surface area contributed by atoms with E-state index in [2.05, 4.69) is 11.0 Å². The summed E-state index contributed by atoms with van der Waals surface area (Å²) in [6.07, 6.45) is 0. The molecule has 6 heteroatoms. The molecule has 0 atom stereocenters. The maximum absolute atomic E-state index is 12.5. The third kappa shape index (κ3) is 4.04. The van der Waals surface area contributed by atoms with E-state index in [1.54, 1.807) is 12.1 Å². The number of hydrogen-bond acceptors (Lipinski definition) is 4. The van der Waals surface area contributed by atoms with Gasteiger partial charge >= 0.3 is 0 Å². The zero-order valence-corrected chi connectivity index (χ0v) is 15.1. The quantitative estimate of drug-likeness (QED) is 0.781. The van der Waals surface area contributed by atoms with Crippen molar-refractivity contribution in [2.45, 2.75) is 13.5 Å². The van der Waals surface area contributed by atoms with E-state index in [0.717, 1.165) is 24.7 Å². The Kier molecular flexibility index (Phi) is 5.33. The van der Waals surface area contributed by atoms with E-state index < -0.39 is 0 Å². The van der Waals surface area contributed by atoms with Gasteiger partial charge < -0.3 is 4.90 Å². The predicted molar refractivity (Wildman–Crippen MR) is 97.0 cm³/mol. The van der Waals surface area contributed by atoms with Gasteiger partial charge in [0.05, 0.1) is 9.75 Å². The maximum Gasteiger partial charge on any atom is 0.264 e. The van der Waals surface area contributed by atoms with Crippen molar-refractivity contribution in [2.75, 3.05) is 26.2 Å². The highest BCUT2D eigenvalue weighted by Crippen LogP contribution is 2.20. The largest absolute Gasteiger partial charge is 0.335 e. The first-order valence-corrected chi connectivity index (χ1v) is 9.09. The third-order valence-electron chi connectivity index (χ3n) is 4.12. The van der Waals surface area contributed by atoms with Crippen LogP contribution in [0.2, 0.25) is 5.02 Å². The van der Waals surface area contributed by atoms with Crippen LogP contribution in [0.1, 0.15) is 31.8 Å². The molecule has 1 aromatic heterocycles. The molecule has 24 heavy (non-hydrogen) atoms. The van der Waals surface area contributed by atoms with Crippen LogP contribution in [0, 0.1) is 0 Å². The molecule has 0 spiro atoms. The summed E-state index contributed by atoms with van der Waals surface area (Å²) in [5, 5.41) is 0.750. The lowest BCUT2D eigenvalue weighted by Gasteiger charge is -2.34. The summed E-state index contributed by atoms with van der Waals surface area (Å²) in [4.78, 5) is 29.4. The van der Waals surface area contributed by atoms with Crippen LogP contribution in [-0.2, 0) is 6.54 Å². The number of hydrogen-bond donors (Lipinski definition) is 0. The van der Waals surface area contributed by atoms with Crippen LogP contribution in [0.4, 0.5) is 0 Å². The minimum Gasteiger partial charge on any atom is -0.335 e. The number of amides is 1. The fourth-order valence-corrected chi connectivity index (χ4v) is 3.88. The van der Waals surface area contributed by atoms with Gasteiger partial charge in [0.15, 0.2) is 5.78 Å². The van der Waals surface area contributed by atoms with Gasteiger partial charge in [-0.1, -0.05) is 23.7 Å². The summed E-state index contributed by atoms with van der Waals surface area (Å²) in [5.74, 6) is 0.0281. The standard InChI is InChI=1S/C18H19ClN2O2S/c1-13(22)16-5-6-17(24-16)18(23)21-9-7-20(8-10-21)12-14-3-2-4-15(19)11-14/h2-6,11H,7-10,12H2,1H3. The first-order chi connectivity index (χ1) is 11.5. The van der Waals surface area contributed by atoms with E-state index in [0.29, 0.717) is 22.8 Å². The molecule has 2 heterocycles. The summed E-state index contributed by atoms with van der Waals surface area (Å²) in [7, 11) is 0. The molecule has 0 bridgehead atoms. The number of thiophene rings is 1. The van der Waals surface area contributed by atoms with Gasteiger partial charge in [0.2, 0.25) is 0 Å². The molecule has 3 rings (SSSR count). The third-order valence-corrected chi connectivity index (χ3v) is 5.53. The average molecular weight is 363 g/mol. The van der Waals surface area contributed by atoms with Crippen molar-refractivity contribution in [3.05, 3.63) is 56.7 Å². The Morgan fingerprint density at radius 2 is 1.79 bits per heavy atom. The summed E-state index contributed by atoms with van der Waals surface area (Å²) in [5.41, 5.74) is 1.19. The number of benzene rings is 1. The van der Waals surface area contributed by atoms with Gasteiger partial charge in [-0.25, -0.2) is 0 Å². The Morgan fingerprint density at radius 1 is 1.08 bits per heavy atom. The maximum atomic E-state index is 12.5. The molecule has 1 saturated heterocycles. The molecule has 1 amide bonds. The van der Waals surface area contributed by atoms with Crippen LogP contribution in [0.5, 0.6) is 0 Å². The molecule has 0 unspecified atom stereocenters. The van der Waals surface area contributed by atoms with Crippen LogP contribution in [0.3, 0.4) is 0 Å². The van der Waals surface area contributed by atoms with E-state index in [9.17, 15) is 9.59 Å². The van der Waals surface area contributed by atoms with Crippen LogP contribution < -0.4 is 0 Å². The lowest BCUT2D eigenvalue weighted by molar-refractivity contribution is 0.0633. The second-order valence-corrected chi connectivity index (χ2v) is 7.44. The van der Waals surface area contributed by atoms with E-state index in [1.165, 1.54) is 23.8 Å². The van der Waals surface area contributed by atoms with E-state index in [4.69, 9.17) is 11.6 Å². The Labute approximate surface area is 150 Å². The molecule has 0 aliphatic carbocycles. The Balaban J connectivity index is 1.56. The first-order valence-electron chi connectivity index (χ1n) is 7.90. The molecule has 4 nitrogen and oxygen atoms in total. The lowest BCUT2D eigenvalue weighted by atomic mass is 10.2. The highest BCUT2D eigenvalue weighted by Gasteiger charge is 2.23. The number of rotatable bonds is 4. The smallest absolute Gasteiger partial charge is 0.264 e. The zero-order chi connectivity index (χ0) is 17.1. The van der Waals surface area contributed by atoms with Gasteiger partial charge in [0.1, 0.15) is 0 Å². The summed E-state index contributed by atoms with van der Waals surface area (Å²) >= 11 is 7.30. The van der Waals surface area contributed by atoms with Crippen LogP contribution in [0.15, 0.2) is 36.4 Å². The number of carbonyl (C=O) groups excluding carboxylic acids is 2. The molecule has 1 aliphatic rings.